The van der Waals surface area contributed by atoms with Gasteiger partial charge in [-0.2, -0.15) is 0 Å². The maximum Gasteiger partial charge on any atom is 0.0687 e. The monoisotopic (exact) mass is 216 g/mol. The minimum absolute atomic E-state index is 0.552. The van der Waals surface area contributed by atoms with Crippen LogP contribution < -0.4 is 0 Å². The van der Waals surface area contributed by atoms with E-state index in [4.69, 9.17) is 0 Å². The molecule has 1 saturated heterocycles. The van der Waals surface area contributed by atoms with E-state index < -0.39 is 0 Å². The van der Waals surface area contributed by atoms with Crippen molar-refractivity contribution >= 4 is 23.5 Å². The van der Waals surface area contributed by atoms with Crippen molar-refractivity contribution in [3.8, 4) is 0 Å². The molecule has 13 heavy (non-hydrogen) atoms. The normalized spacial score (nSPS) is 36.7. The van der Waals surface area contributed by atoms with Gasteiger partial charge in [0.1, 0.15) is 0 Å². The third kappa shape index (κ3) is 1.45. The first-order valence-electron chi connectivity index (χ1n) is 5.36. The lowest BCUT2D eigenvalue weighted by Gasteiger charge is -2.50. The summed E-state index contributed by atoms with van der Waals surface area (Å²) in [6.45, 7) is 7.42. The van der Waals surface area contributed by atoms with Crippen molar-refractivity contribution in [2.45, 2.75) is 44.1 Å². The van der Waals surface area contributed by atoms with Crippen LogP contribution in [0.2, 0.25) is 0 Å². The summed E-state index contributed by atoms with van der Waals surface area (Å²) in [4.78, 5) is 0. The predicted molar refractivity (Wildman–Crippen MR) is 64.4 cm³/mol. The van der Waals surface area contributed by atoms with Crippen molar-refractivity contribution < 1.29 is 0 Å². The Morgan fingerprint density at radius 1 is 1.15 bits per heavy atom. The molecule has 2 aliphatic rings. The molecule has 1 saturated carbocycles. The van der Waals surface area contributed by atoms with Gasteiger partial charge in [-0.3, -0.25) is 0 Å². The van der Waals surface area contributed by atoms with Crippen LogP contribution in [0.5, 0.6) is 0 Å². The van der Waals surface area contributed by atoms with Gasteiger partial charge in [-0.25, -0.2) is 0 Å². The summed E-state index contributed by atoms with van der Waals surface area (Å²) in [7, 11) is 0. The summed E-state index contributed by atoms with van der Waals surface area (Å²) < 4.78 is 0.561. The fraction of sp³-hybridized carbons (Fsp3) is 1.00. The van der Waals surface area contributed by atoms with Crippen molar-refractivity contribution in [2.75, 3.05) is 11.5 Å². The Kier molecular flexibility index (Phi) is 2.65. The average Bonchev–Trinajstić information content (AvgIpc) is 2.50. The molecule has 0 N–H and O–H groups in total. The molecule has 0 radical (unpaired) electrons. The highest BCUT2D eigenvalue weighted by molar-refractivity contribution is 8.21. The zero-order chi connectivity index (χ0) is 9.53. The maximum absolute atomic E-state index is 2.48. The van der Waals surface area contributed by atoms with Crippen molar-refractivity contribution in [1.29, 1.82) is 0 Å². The molecule has 1 spiro atoms. The molecule has 76 valence electrons. The number of thioether (sulfide) groups is 2. The Bertz CT molecular complexity index is 192. The zero-order valence-electron chi connectivity index (χ0n) is 8.93. The van der Waals surface area contributed by atoms with Crippen LogP contribution in [0, 0.1) is 11.3 Å². The van der Waals surface area contributed by atoms with Crippen LogP contribution in [-0.4, -0.2) is 15.6 Å². The minimum atomic E-state index is 0.552. The highest BCUT2D eigenvalue weighted by Gasteiger charge is 2.53. The third-order valence-corrected chi connectivity index (χ3v) is 8.30. The minimum Gasteiger partial charge on any atom is -0.142 e. The van der Waals surface area contributed by atoms with E-state index in [2.05, 4.69) is 44.3 Å². The molecule has 1 unspecified atom stereocenters. The van der Waals surface area contributed by atoms with Gasteiger partial charge in [0.15, 0.2) is 0 Å². The van der Waals surface area contributed by atoms with Gasteiger partial charge >= 0.3 is 0 Å². The van der Waals surface area contributed by atoms with Crippen molar-refractivity contribution in [1.82, 2.24) is 0 Å². The lowest BCUT2D eigenvalue weighted by molar-refractivity contribution is 0.183. The first-order chi connectivity index (χ1) is 6.08. The predicted octanol–water partition coefficient (Wildman–Crippen LogP) is 4.01. The molecule has 1 aliphatic carbocycles. The Labute approximate surface area is 90.6 Å². The van der Waals surface area contributed by atoms with E-state index in [9.17, 15) is 0 Å². The van der Waals surface area contributed by atoms with Gasteiger partial charge in [-0.15, -0.1) is 23.5 Å². The fourth-order valence-electron chi connectivity index (χ4n) is 2.98. The van der Waals surface area contributed by atoms with E-state index in [0.717, 1.165) is 5.92 Å². The Balaban J connectivity index is 2.27. The molecule has 2 heteroatoms. The maximum atomic E-state index is 2.48. The van der Waals surface area contributed by atoms with Gasteiger partial charge in [0.2, 0.25) is 0 Å². The smallest absolute Gasteiger partial charge is 0.0687 e. The van der Waals surface area contributed by atoms with Crippen LogP contribution in [0.4, 0.5) is 0 Å². The summed E-state index contributed by atoms with van der Waals surface area (Å²) >= 11 is 4.49. The van der Waals surface area contributed by atoms with Crippen LogP contribution in [0.15, 0.2) is 0 Å². The lowest BCUT2D eigenvalue weighted by atomic mass is 9.71. The molecule has 0 bridgehead atoms. The van der Waals surface area contributed by atoms with Gasteiger partial charge in [0, 0.05) is 11.5 Å². The molecule has 0 aromatic carbocycles. The second-order valence-electron chi connectivity index (χ2n) is 5.04. The number of rotatable bonds is 0. The van der Waals surface area contributed by atoms with Crippen LogP contribution >= 0.6 is 23.5 Å². The van der Waals surface area contributed by atoms with Crippen LogP contribution in [0.3, 0.4) is 0 Å². The third-order valence-electron chi connectivity index (χ3n) is 3.75. The Morgan fingerprint density at radius 3 is 2.31 bits per heavy atom. The molecule has 0 nitrogen and oxygen atoms in total. The number of hydrogen-bond acceptors (Lipinski definition) is 2. The average molecular weight is 216 g/mol. The van der Waals surface area contributed by atoms with Crippen LogP contribution in [0.1, 0.15) is 40.0 Å². The largest absolute Gasteiger partial charge is 0.142 e. The summed E-state index contributed by atoms with van der Waals surface area (Å²) in [6, 6.07) is 0. The summed E-state index contributed by atoms with van der Waals surface area (Å²) in [5, 5.41) is 0. The molecule has 1 atom stereocenters. The van der Waals surface area contributed by atoms with E-state index >= 15 is 0 Å². The summed E-state index contributed by atoms with van der Waals surface area (Å²) in [6.07, 6.45) is 4.32. The fourth-order valence-corrected chi connectivity index (χ4v) is 6.88. The van der Waals surface area contributed by atoms with Gasteiger partial charge in [0.05, 0.1) is 4.08 Å². The van der Waals surface area contributed by atoms with E-state index in [1.165, 1.54) is 30.8 Å². The summed E-state index contributed by atoms with van der Waals surface area (Å²) in [5.74, 6) is 3.66. The molecule has 2 rings (SSSR count). The molecule has 0 aromatic rings. The molecular weight excluding hydrogens is 196 g/mol. The zero-order valence-corrected chi connectivity index (χ0v) is 10.6. The first kappa shape index (κ1) is 10.2. The first-order valence-corrected chi connectivity index (χ1v) is 7.33. The van der Waals surface area contributed by atoms with E-state index in [0.29, 0.717) is 9.49 Å². The molecule has 1 heterocycles. The highest BCUT2D eigenvalue weighted by atomic mass is 32.2. The SMILES string of the molecule is CC1CCCC(C)(C)C12SCCS2. The molecule has 1 aliphatic heterocycles. The lowest BCUT2D eigenvalue weighted by Crippen LogP contribution is -2.45. The second kappa shape index (κ2) is 3.37. The quantitative estimate of drug-likeness (QED) is 0.600. The molecule has 2 fully saturated rings. The standard InChI is InChI=1S/C11H20S2/c1-9-5-4-6-10(2,3)11(9)12-7-8-13-11/h9H,4-8H2,1-3H3. The Morgan fingerprint density at radius 2 is 1.77 bits per heavy atom. The molecule has 0 amide bonds. The van der Waals surface area contributed by atoms with Gasteiger partial charge in [-0.05, 0) is 24.2 Å². The van der Waals surface area contributed by atoms with Crippen molar-refractivity contribution in [3.63, 3.8) is 0 Å². The van der Waals surface area contributed by atoms with Gasteiger partial charge in [-0.1, -0.05) is 27.2 Å². The van der Waals surface area contributed by atoms with Crippen LogP contribution in [-0.2, 0) is 0 Å². The van der Waals surface area contributed by atoms with E-state index in [1.54, 1.807) is 0 Å². The Hall–Kier alpha value is 0.700. The van der Waals surface area contributed by atoms with E-state index in [1.807, 2.05) is 0 Å². The second-order valence-corrected chi connectivity index (χ2v) is 7.98. The molecule has 0 aromatic heterocycles. The van der Waals surface area contributed by atoms with Gasteiger partial charge < -0.3 is 0 Å². The topological polar surface area (TPSA) is 0 Å². The highest BCUT2D eigenvalue weighted by Crippen LogP contribution is 2.63. The van der Waals surface area contributed by atoms with Crippen LogP contribution in [0.25, 0.3) is 0 Å². The summed E-state index contributed by atoms with van der Waals surface area (Å²) in [5.41, 5.74) is 0.552. The number of hydrogen-bond donors (Lipinski definition) is 0. The van der Waals surface area contributed by atoms with Crippen molar-refractivity contribution in [2.24, 2.45) is 11.3 Å². The van der Waals surface area contributed by atoms with Gasteiger partial charge in [0.25, 0.3) is 0 Å². The van der Waals surface area contributed by atoms with Crippen molar-refractivity contribution in [3.05, 3.63) is 0 Å². The van der Waals surface area contributed by atoms with E-state index in [-0.39, 0.29) is 0 Å². The molecular formula is C11H20S2.